The van der Waals surface area contributed by atoms with Crippen LogP contribution in [0.2, 0.25) is 0 Å². The van der Waals surface area contributed by atoms with Crippen LogP contribution in [0.3, 0.4) is 0 Å². The normalized spacial score (nSPS) is 11.2. The van der Waals surface area contributed by atoms with Gasteiger partial charge in [0.05, 0.1) is 0 Å². The fourth-order valence-electron chi connectivity index (χ4n) is 4.45. The van der Waals surface area contributed by atoms with E-state index in [-0.39, 0.29) is 18.3 Å². The van der Waals surface area contributed by atoms with Gasteiger partial charge in [0.15, 0.2) is 0 Å². The molecule has 9 heteroatoms. The van der Waals surface area contributed by atoms with E-state index in [1.807, 2.05) is 54.6 Å². The number of amides is 2. The van der Waals surface area contributed by atoms with E-state index in [1.165, 1.54) is 22.4 Å². The highest BCUT2D eigenvalue weighted by molar-refractivity contribution is 6.08. The van der Waals surface area contributed by atoms with Gasteiger partial charge < -0.3 is 21.3 Å². The lowest BCUT2D eigenvalue weighted by Gasteiger charge is -2.21. The van der Waals surface area contributed by atoms with Crippen molar-refractivity contribution in [3.63, 3.8) is 0 Å². The number of primary amides is 1. The zero-order valence-corrected chi connectivity index (χ0v) is 23.2. The highest BCUT2D eigenvalue weighted by Crippen LogP contribution is 2.26. The number of para-hydroxylation sites is 1. The molecule has 0 atom stereocenters. The van der Waals surface area contributed by atoms with Gasteiger partial charge in [0, 0.05) is 23.4 Å². The molecule has 0 unspecified atom stereocenters. The number of benzene rings is 4. The molecule has 0 spiro atoms. The molecule has 1 aliphatic carbocycles. The first-order chi connectivity index (χ1) is 19.3. The third-order valence-electron chi connectivity index (χ3n) is 6.46. The molecule has 5 rings (SSSR count). The topological polar surface area (TPSA) is 136 Å². The van der Waals surface area contributed by atoms with Crippen molar-refractivity contribution in [2.24, 2.45) is 11.5 Å². The summed E-state index contributed by atoms with van der Waals surface area (Å²) in [5.41, 5.74) is 15.8. The van der Waals surface area contributed by atoms with Crippen LogP contribution in [-0.2, 0) is 24.2 Å². The molecule has 0 saturated carbocycles. The Labute approximate surface area is 245 Å². The number of carboxylic acid groups (broad SMARTS) is 1. The maximum Gasteiger partial charge on any atom is 0.323 e. The second kappa shape index (κ2) is 14.6. The number of hydrogen-bond acceptors (Lipinski definition) is 5. The van der Waals surface area contributed by atoms with Gasteiger partial charge in [0.1, 0.15) is 18.0 Å². The maximum absolute atomic E-state index is 12.9. The Morgan fingerprint density at radius 1 is 0.780 bits per heavy atom. The smallest absolute Gasteiger partial charge is 0.323 e. The lowest BCUT2D eigenvalue weighted by Crippen LogP contribution is -2.35. The average Bonchev–Trinajstić information content (AvgIpc) is 3.45. The van der Waals surface area contributed by atoms with Crippen LogP contribution in [-0.4, -0.2) is 29.4 Å². The van der Waals surface area contributed by atoms with Gasteiger partial charge in [0.2, 0.25) is 5.91 Å². The SMILES string of the molecule is Cl.NC(=O)c1ccc2c(c1)CCC2.NCc1cccc(C(=O)N(CC(=O)O)c2ccc(Oc3ccccc3)cc2)c1. The summed E-state index contributed by atoms with van der Waals surface area (Å²) in [5, 5.41) is 9.25. The van der Waals surface area contributed by atoms with E-state index in [9.17, 15) is 19.5 Å². The number of aliphatic carboxylic acids is 1. The third kappa shape index (κ3) is 8.41. The van der Waals surface area contributed by atoms with Gasteiger partial charge in [-0.1, -0.05) is 36.4 Å². The summed E-state index contributed by atoms with van der Waals surface area (Å²) in [7, 11) is 0. The van der Waals surface area contributed by atoms with Crippen molar-refractivity contribution >= 4 is 35.9 Å². The van der Waals surface area contributed by atoms with Gasteiger partial charge in [-0.25, -0.2) is 0 Å². The van der Waals surface area contributed by atoms with Gasteiger partial charge in [-0.15, -0.1) is 12.4 Å². The number of anilines is 1. The van der Waals surface area contributed by atoms with Crippen LogP contribution in [0.15, 0.2) is 97.1 Å². The molecule has 0 heterocycles. The Morgan fingerprint density at radius 3 is 2.12 bits per heavy atom. The molecule has 0 saturated heterocycles. The van der Waals surface area contributed by atoms with Crippen molar-refractivity contribution in [1.29, 1.82) is 0 Å². The number of rotatable bonds is 8. The number of carboxylic acids is 1. The van der Waals surface area contributed by atoms with Crippen molar-refractivity contribution in [2.75, 3.05) is 11.4 Å². The molecule has 212 valence electrons. The fraction of sp³-hybridized carbons (Fsp3) is 0.156. The molecule has 2 amide bonds. The second-order valence-corrected chi connectivity index (χ2v) is 9.30. The molecule has 0 aliphatic heterocycles. The summed E-state index contributed by atoms with van der Waals surface area (Å²) in [4.78, 5) is 36.3. The molecule has 0 bridgehead atoms. The van der Waals surface area contributed by atoms with Crippen molar-refractivity contribution in [3.8, 4) is 11.5 Å². The summed E-state index contributed by atoms with van der Waals surface area (Å²) in [5.74, 6) is -0.567. The number of carbonyl (C=O) groups is 3. The molecule has 0 radical (unpaired) electrons. The highest BCUT2D eigenvalue weighted by atomic mass is 35.5. The predicted molar refractivity (Wildman–Crippen MR) is 161 cm³/mol. The Hall–Kier alpha value is -4.66. The molecular weight excluding hydrogens is 542 g/mol. The largest absolute Gasteiger partial charge is 0.480 e. The molecule has 0 aromatic heterocycles. The summed E-state index contributed by atoms with van der Waals surface area (Å²) in [6.07, 6.45) is 3.45. The Morgan fingerprint density at radius 2 is 1.46 bits per heavy atom. The third-order valence-corrected chi connectivity index (χ3v) is 6.46. The van der Waals surface area contributed by atoms with Crippen LogP contribution in [0, 0.1) is 0 Å². The minimum Gasteiger partial charge on any atom is -0.480 e. The molecule has 0 fully saturated rings. The van der Waals surface area contributed by atoms with Crippen molar-refractivity contribution in [2.45, 2.75) is 25.8 Å². The van der Waals surface area contributed by atoms with Crippen LogP contribution >= 0.6 is 12.4 Å². The number of nitrogens with zero attached hydrogens (tertiary/aromatic N) is 1. The van der Waals surface area contributed by atoms with Crippen LogP contribution in [0.25, 0.3) is 0 Å². The summed E-state index contributed by atoms with van der Waals surface area (Å²) >= 11 is 0. The van der Waals surface area contributed by atoms with Crippen LogP contribution in [0.5, 0.6) is 11.5 Å². The monoisotopic (exact) mass is 573 g/mol. The Balaban J connectivity index is 0.000000296. The van der Waals surface area contributed by atoms with Crippen LogP contribution < -0.4 is 21.1 Å². The van der Waals surface area contributed by atoms with Gasteiger partial charge in [-0.3, -0.25) is 19.3 Å². The minimum atomic E-state index is -1.10. The fourth-order valence-corrected chi connectivity index (χ4v) is 4.45. The number of halogens is 1. The number of nitrogens with two attached hydrogens (primary N) is 2. The van der Waals surface area contributed by atoms with Gasteiger partial charge in [0.25, 0.3) is 5.91 Å². The molecule has 5 N–H and O–H groups in total. The van der Waals surface area contributed by atoms with E-state index in [0.717, 1.165) is 18.4 Å². The first-order valence-electron chi connectivity index (χ1n) is 12.9. The number of hydrogen-bond donors (Lipinski definition) is 3. The molecule has 4 aromatic carbocycles. The lowest BCUT2D eigenvalue weighted by atomic mass is 10.1. The molecule has 41 heavy (non-hydrogen) atoms. The quantitative estimate of drug-likeness (QED) is 0.259. The Kier molecular flexibility index (Phi) is 11.0. The van der Waals surface area contributed by atoms with Gasteiger partial charge in [-0.2, -0.15) is 0 Å². The van der Waals surface area contributed by atoms with Crippen LogP contribution in [0.4, 0.5) is 5.69 Å². The number of carbonyl (C=O) groups excluding carboxylic acids is 2. The van der Waals surface area contributed by atoms with E-state index >= 15 is 0 Å². The molecular formula is C32H32ClN3O5. The summed E-state index contributed by atoms with van der Waals surface area (Å²) in [6, 6.07) is 28.6. The van der Waals surface area contributed by atoms with E-state index in [1.54, 1.807) is 42.5 Å². The van der Waals surface area contributed by atoms with E-state index < -0.39 is 18.4 Å². The Bertz CT molecular complexity index is 1490. The molecule has 4 aromatic rings. The van der Waals surface area contributed by atoms with Crippen molar-refractivity contribution in [3.05, 3.63) is 125 Å². The average molecular weight is 574 g/mol. The number of aryl methyl sites for hydroxylation is 2. The van der Waals surface area contributed by atoms with Gasteiger partial charge >= 0.3 is 5.97 Å². The van der Waals surface area contributed by atoms with Gasteiger partial charge in [-0.05, 0) is 96.6 Å². The van der Waals surface area contributed by atoms with Crippen molar-refractivity contribution < 1.29 is 24.2 Å². The highest BCUT2D eigenvalue weighted by Gasteiger charge is 2.21. The zero-order valence-electron chi connectivity index (χ0n) is 22.4. The number of ether oxygens (including phenoxy) is 1. The number of fused-ring (bicyclic) bond motifs is 1. The first kappa shape index (κ1) is 30.9. The minimum absolute atomic E-state index is 0. The molecule has 1 aliphatic rings. The van der Waals surface area contributed by atoms with E-state index in [0.29, 0.717) is 34.9 Å². The predicted octanol–water partition coefficient (Wildman–Crippen LogP) is 5.37. The summed E-state index contributed by atoms with van der Waals surface area (Å²) < 4.78 is 5.74. The zero-order chi connectivity index (χ0) is 28.5. The standard InChI is InChI=1S/C22H20N2O4.C10H11NO.ClH/c23-14-16-5-4-6-17(13-16)22(27)24(15-21(25)26)18-9-11-20(12-10-18)28-19-7-2-1-3-8-19;11-10(12)9-5-4-7-2-1-3-8(7)6-9;/h1-13H,14-15,23H2,(H,25,26);4-6H,1-3H2,(H2,11,12);1H. The second-order valence-electron chi connectivity index (χ2n) is 9.30. The van der Waals surface area contributed by atoms with E-state index in [4.69, 9.17) is 16.2 Å². The van der Waals surface area contributed by atoms with Crippen molar-refractivity contribution in [1.82, 2.24) is 0 Å². The molecule has 8 nitrogen and oxygen atoms in total. The first-order valence-corrected chi connectivity index (χ1v) is 12.9. The summed E-state index contributed by atoms with van der Waals surface area (Å²) in [6.45, 7) is -0.157. The van der Waals surface area contributed by atoms with Crippen LogP contribution in [0.1, 0.15) is 43.8 Å². The van der Waals surface area contributed by atoms with E-state index in [2.05, 4.69) is 0 Å². The maximum atomic E-state index is 12.9. The lowest BCUT2D eigenvalue weighted by molar-refractivity contribution is -0.135.